The number of hydrogen-bond acceptors (Lipinski definition) is 5. The molecule has 0 radical (unpaired) electrons. The van der Waals surface area contributed by atoms with E-state index in [1.165, 1.54) is 19.3 Å². The zero-order valence-corrected chi connectivity index (χ0v) is 14.2. The lowest BCUT2D eigenvalue weighted by molar-refractivity contribution is -0.247. The molecule has 0 atom stereocenters. The minimum Gasteiger partial charge on any atom is -0.494 e. The maximum atomic E-state index is 11.7. The van der Waals surface area contributed by atoms with E-state index < -0.39 is 5.97 Å². The predicted molar refractivity (Wildman–Crippen MR) is 88.6 cm³/mol. The van der Waals surface area contributed by atoms with E-state index in [1.807, 2.05) is 6.92 Å². The Kier molecular flexibility index (Phi) is 10.9. The van der Waals surface area contributed by atoms with Gasteiger partial charge in [-0.3, -0.25) is 4.89 Å². The van der Waals surface area contributed by atoms with E-state index in [9.17, 15) is 4.79 Å². The van der Waals surface area contributed by atoms with E-state index in [0.717, 1.165) is 18.6 Å². The van der Waals surface area contributed by atoms with Crippen LogP contribution in [0.4, 0.5) is 0 Å². The molecule has 0 bridgehead atoms. The van der Waals surface area contributed by atoms with Gasteiger partial charge in [-0.25, -0.2) is 4.79 Å². The first kappa shape index (κ1) is 19.5. The lowest BCUT2D eigenvalue weighted by Gasteiger charge is -2.07. The summed E-state index contributed by atoms with van der Waals surface area (Å²) in [6.45, 7) is 6.22. The van der Waals surface area contributed by atoms with Gasteiger partial charge < -0.3 is 9.47 Å². The van der Waals surface area contributed by atoms with Gasteiger partial charge in [-0.2, -0.15) is 4.89 Å². The van der Waals surface area contributed by atoms with Crippen molar-refractivity contribution >= 4 is 5.97 Å². The van der Waals surface area contributed by atoms with Crippen molar-refractivity contribution in [3.05, 3.63) is 29.8 Å². The summed E-state index contributed by atoms with van der Waals surface area (Å²) < 4.78 is 10.8. The third-order valence-corrected chi connectivity index (χ3v) is 3.15. The molecule has 0 aliphatic rings. The molecule has 1 aromatic carbocycles. The average molecular weight is 324 g/mol. The van der Waals surface area contributed by atoms with Crippen LogP contribution in [-0.2, 0) is 14.5 Å². The Bertz CT molecular complexity index is 416. The lowest BCUT2D eigenvalue weighted by Crippen LogP contribution is -2.10. The molecule has 130 valence electrons. The number of rotatable bonds is 13. The van der Waals surface area contributed by atoms with Crippen LogP contribution in [0.5, 0.6) is 5.75 Å². The molecule has 0 aliphatic carbocycles. The summed E-state index contributed by atoms with van der Waals surface area (Å²) in [5.74, 6) is 0.238. The highest BCUT2D eigenvalue weighted by Gasteiger charge is 2.08. The van der Waals surface area contributed by atoms with Crippen molar-refractivity contribution in [3.8, 4) is 5.75 Å². The highest BCUT2D eigenvalue weighted by atomic mass is 17.2. The SMILES string of the molecule is CCCCCCOc1ccc(C(=O)OOCCOCCC)cc1. The molecule has 0 fully saturated rings. The van der Waals surface area contributed by atoms with Crippen LogP contribution >= 0.6 is 0 Å². The minimum atomic E-state index is -0.519. The third-order valence-electron chi connectivity index (χ3n) is 3.15. The number of carbonyl (C=O) groups excluding carboxylic acids is 1. The molecule has 0 saturated carbocycles. The van der Waals surface area contributed by atoms with E-state index in [2.05, 4.69) is 6.92 Å². The second-order valence-electron chi connectivity index (χ2n) is 5.24. The van der Waals surface area contributed by atoms with Crippen LogP contribution in [-0.4, -0.2) is 32.4 Å². The Morgan fingerprint density at radius 1 is 0.870 bits per heavy atom. The molecule has 0 spiro atoms. The number of unbranched alkanes of at least 4 members (excludes halogenated alkanes) is 3. The summed E-state index contributed by atoms with van der Waals surface area (Å²) in [6, 6.07) is 6.86. The first-order valence-electron chi connectivity index (χ1n) is 8.42. The van der Waals surface area contributed by atoms with Gasteiger partial charge in [-0.05, 0) is 37.1 Å². The molecule has 0 aliphatic heterocycles. The number of carbonyl (C=O) groups is 1. The molecule has 0 aromatic heterocycles. The van der Waals surface area contributed by atoms with Gasteiger partial charge in [-0.15, -0.1) is 0 Å². The van der Waals surface area contributed by atoms with Crippen molar-refractivity contribution in [2.45, 2.75) is 46.0 Å². The monoisotopic (exact) mass is 324 g/mol. The molecule has 5 nitrogen and oxygen atoms in total. The van der Waals surface area contributed by atoms with Crippen molar-refractivity contribution in [1.82, 2.24) is 0 Å². The predicted octanol–water partition coefficient (Wildman–Crippen LogP) is 4.16. The third kappa shape index (κ3) is 9.21. The lowest BCUT2D eigenvalue weighted by atomic mass is 10.2. The number of ether oxygens (including phenoxy) is 2. The molecule has 0 saturated heterocycles. The van der Waals surface area contributed by atoms with Crippen molar-refractivity contribution in [2.75, 3.05) is 26.4 Å². The molecular weight excluding hydrogens is 296 g/mol. The van der Waals surface area contributed by atoms with Crippen LogP contribution in [0.1, 0.15) is 56.3 Å². The highest BCUT2D eigenvalue weighted by molar-refractivity contribution is 5.89. The molecule has 0 amide bonds. The van der Waals surface area contributed by atoms with E-state index in [-0.39, 0.29) is 6.61 Å². The molecule has 1 aromatic rings. The minimum absolute atomic E-state index is 0.227. The molecular formula is C18H28O5. The highest BCUT2D eigenvalue weighted by Crippen LogP contribution is 2.14. The van der Waals surface area contributed by atoms with Crippen LogP contribution in [0.15, 0.2) is 24.3 Å². The van der Waals surface area contributed by atoms with Gasteiger partial charge in [0.05, 0.1) is 18.8 Å². The normalized spacial score (nSPS) is 10.5. The quantitative estimate of drug-likeness (QED) is 0.310. The topological polar surface area (TPSA) is 54.0 Å². The molecule has 1 rings (SSSR count). The van der Waals surface area contributed by atoms with Crippen LogP contribution in [0, 0.1) is 0 Å². The molecule has 0 unspecified atom stereocenters. The van der Waals surface area contributed by atoms with Crippen molar-refractivity contribution in [3.63, 3.8) is 0 Å². The molecule has 23 heavy (non-hydrogen) atoms. The maximum Gasteiger partial charge on any atom is 0.373 e. The zero-order chi connectivity index (χ0) is 16.8. The van der Waals surface area contributed by atoms with Crippen LogP contribution in [0.3, 0.4) is 0 Å². The van der Waals surface area contributed by atoms with Crippen molar-refractivity contribution in [2.24, 2.45) is 0 Å². The number of hydrogen-bond donors (Lipinski definition) is 0. The summed E-state index contributed by atoms with van der Waals surface area (Å²) in [7, 11) is 0. The Morgan fingerprint density at radius 3 is 2.35 bits per heavy atom. The van der Waals surface area contributed by atoms with Gasteiger partial charge in [0.1, 0.15) is 12.4 Å². The summed E-state index contributed by atoms with van der Waals surface area (Å²) in [4.78, 5) is 21.3. The second kappa shape index (κ2) is 12.9. The fourth-order valence-corrected chi connectivity index (χ4v) is 1.89. The standard InChI is InChI=1S/C18H28O5/c1-3-5-6-7-13-21-17-10-8-16(9-11-17)18(19)23-22-15-14-20-12-4-2/h8-11H,3-7,12-15H2,1-2H3. The smallest absolute Gasteiger partial charge is 0.373 e. The Hall–Kier alpha value is -1.59. The largest absolute Gasteiger partial charge is 0.494 e. The van der Waals surface area contributed by atoms with Gasteiger partial charge in [0.25, 0.3) is 0 Å². The fourth-order valence-electron chi connectivity index (χ4n) is 1.89. The summed E-state index contributed by atoms with van der Waals surface area (Å²) in [5.41, 5.74) is 0.429. The van der Waals surface area contributed by atoms with Gasteiger partial charge in [-0.1, -0.05) is 33.1 Å². The van der Waals surface area contributed by atoms with Crippen molar-refractivity contribution in [1.29, 1.82) is 0 Å². The fraction of sp³-hybridized carbons (Fsp3) is 0.611. The summed E-state index contributed by atoms with van der Waals surface area (Å²) >= 11 is 0. The second-order valence-corrected chi connectivity index (χ2v) is 5.24. The summed E-state index contributed by atoms with van der Waals surface area (Å²) in [6.07, 6.45) is 5.62. The van der Waals surface area contributed by atoms with Gasteiger partial charge >= 0.3 is 5.97 Å². The van der Waals surface area contributed by atoms with Crippen LogP contribution in [0.2, 0.25) is 0 Å². The van der Waals surface area contributed by atoms with Crippen LogP contribution in [0.25, 0.3) is 0 Å². The first-order valence-corrected chi connectivity index (χ1v) is 8.42. The molecule has 0 heterocycles. The van der Waals surface area contributed by atoms with E-state index in [0.29, 0.717) is 25.4 Å². The molecule has 0 N–H and O–H groups in total. The Morgan fingerprint density at radius 2 is 1.65 bits per heavy atom. The Balaban J connectivity index is 2.20. The maximum absolute atomic E-state index is 11.7. The van der Waals surface area contributed by atoms with E-state index in [4.69, 9.17) is 19.2 Å². The molecule has 5 heteroatoms. The van der Waals surface area contributed by atoms with Crippen molar-refractivity contribution < 1.29 is 24.0 Å². The van der Waals surface area contributed by atoms with E-state index in [1.54, 1.807) is 24.3 Å². The average Bonchev–Trinajstić information content (AvgIpc) is 2.58. The first-order chi connectivity index (χ1) is 11.3. The van der Waals surface area contributed by atoms with Gasteiger partial charge in [0.2, 0.25) is 0 Å². The summed E-state index contributed by atoms with van der Waals surface area (Å²) in [5, 5.41) is 0. The van der Waals surface area contributed by atoms with Gasteiger partial charge in [0.15, 0.2) is 0 Å². The Labute approximate surface area is 138 Å². The van der Waals surface area contributed by atoms with Crippen LogP contribution < -0.4 is 4.74 Å². The number of benzene rings is 1. The van der Waals surface area contributed by atoms with E-state index >= 15 is 0 Å². The van der Waals surface area contributed by atoms with Gasteiger partial charge in [0, 0.05) is 6.61 Å². The zero-order valence-electron chi connectivity index (χ0n) is 14.2.